The predicted octanol–water partition coefficient (Wildman–Crippen LogP) is 0.379. The largest absolute Gasteiger partial charge is 0.507 e. The molecule has 0 saturated carbocycles. The Kier molecular flexibility index (Phi) is 2.85. The van der Waals surface area contributed by atoms with Gasteiger partial charge < -0.3 is 15.2 Å². The minimum atomic E-state index is -1.75. The maximum Gasteiger partial charge on any atom is 0.492 e. The fourth-order valence-corrected chi connectivity index (χ4v) is 1.09. The molecule has 12 heavy (non-hydrogen) atoms. The monoisotopic (exact) mass is 206 g/mol. The van der Waals surface area contributed by atoms with Crippen molar-refractivity contribution in [2.24, 2.45) is 0 Å². The van der Waals surface area contributed by atoms with Crippen LogP contribution in [-0.4, -0.2) is 22.3 Å². The summed E-state index contributed by atoms with van der Waals surface area (Å²) in [7, 11) is -1.75. The Morgan fingerprint density at radius 3 is 2.25 bits per heavy atom. The second-order valence-corrected chi connectivity index (χ2v) is 2.96. The second kappa shape index (κ2) is 3.54. The third kappa shape index (κ3) is 1.67. The summed E-state index contributed by atoms with van der Waals surface area (Å²) in [6, 6.07) is 2.66. The van der Waals surface area contributed by atoms with E-state index in [9.17, 15) is 5.11 Å². The van der Waals surface area contributed by atoms with E-state index in [4.69, 9.17) is 33.2 Å². The van der Waals surface area contributed by atoms with Crippen LogP contribution in [0, 0.1) is 0 Å². The number of hydrogen-bond acceptors (Lipinski definition) is 3. The standard InChI is InChI=1S/C6H5BCl2O3/c8-4-2-1-3(7(11)12)6(10)5(4)9/h1-2,10-12H. The number of phenols is 1. The van der Waals surface area contributed by atoms with Gasteiger partial charge in [0.1, 0.15) is 10.8 Å². The van der Waals surface area contributed by atoms with Crippen molar-refractivity contribution in [2.45, 2.75) is 0 Å². The number of halogens is 2. The van der Waals surface area contributed by atoms with Gasteiger partial charge in [-0.1, -0.05) is 29.3 Å². The van der Waals surface area contributed by atoms with Gasteiger partial charge in [0.25, 0.3) is 0 Å². The molecule has 0 heterocycles. The van der Waals surface area contributed by atoms with E-state index in [0.29, 0.717) is 0 Å². The molecule has 0 spiro atoms. The lowest BCUT2D eigenvalue weighted by Gasteiger charge is -2.05. The van der Waals surface area contributed by atoms with E-state index >= 15 is 0 Å². The fraction of sp³-hybridized carbons (Fsp3) is 0. The SMILES string of the molecule is OB(O)c1ccc(Cl)c(Cl)c1O. The highest BCUT2D eigenvalue weighted by Crippen LogP contribution is 2.28. The first-order valence-corrected chi connectivity index (χ1v) is 3.82. The van der Waals surface area contributed by atoms with E-state index < -0.39 is 12.9 Å². The number of aromatic hydroxyl groups is 1. The van der Waals surface area contributed by atoms with Crippen molar-refractivity contribution in [1.29, 1.82) is 0 Å². The van der Waals surface area contributed by atoms with Crippen LogP contribution in [0.5, 0.6) is 5.75 Å². The van der Waals surface area contributed by atoms with Crippen LogP contribution in [0.25, 0.3) is 0 Å². The van der Waals surface area contributed by atoms with Crippen LogP contribution in [0.2, 0.25) is 10.0 Å². The highest BCUT2D eigenvalue weighted by Gasteiger charge is 2.19. The summed E-state index contributed by atoms with van der Waals surface area (Å²) in [5.41, 5.74) is -0.0654. The van der Waals surface area contributed by atoms with E-state index in [1.807, 2.05) is 0 Å². The van der Waals surface area contributed by atoms with E-state index in [-0.39, 0.29) is 15.5 Å². The van der Waals surface area contributed by atoms with Crippen molar-refractivity contribution < 1.29 is 15.2 Å². The highest BCUT2D eigenvalue weighted by molar-refractivity contribution is 6.60. The van der Waals surface area contributed by atoms with Gasteiger partial charge in [0.2, 0.25) is 0 Å². The summed E-state index contributed by atoms with van der Waals surface area (Å²) in [6.07, 6.45) is 0. The lowest BCUT2D eigenvalue weighted by Crippen LogP contribution is -2.30. The minimum absolute atomic E-state index is 0.0654. The third-order valence-corrected chi connectivity index (χ3v) is 2.17. The van der Waals surface area contributed by atoms with Gasteiger partial charge in [-0.2, -0.15) is 0 Å². The van der Waals surface area contributed by atoms with Crippen LogP contribution in [0.4, 0.5) is 0 Å². The van der Waals surface area contributed by atoms with E-state index in [0.717, 1.165) is 0 Å². The van der Waals surface area contributed by atoms with Crippen molar-refractivity contribution >= 4 is 35.8 Å². The highest BCUT2D eigenvalue weighted by atomic mass is 35.5. The molecule has 0 bridgehead atoms. The van der Waals surface area contributed by atoms with Gasteiger partial charge in [0.15, 0.2) is 0 Å². The maximum atomic E-state index is 9.21. The van der Waals surface area contributed by atoms with E-state index in [2.05, 4.69) is 0 Å². The van der Waals surface area contributed by atoms with Gasteiger partial charge in [0.05, 0.1) is 5.02 Å². The molecule has 0 radical (unpaired) electrons. The molecule has 0 aliphatic rings. The Labute approximate surface area is 79.3 Å². The molecule has 6 heteroatoms. The first-order chi connectivity index (χ1) is 5.54. The maximum absolute atomic E-state index is 9.21. The number of benzene rings is 1. The molecule has 3 nitrogen and oxygen atoms in total. The van der Waals surface area contributed by atoms with Crippen molar-refractivity contribution in [2.75, 3.05) is 0 Å². The smallest absolute Gasteiger partial charge is 0.492 e. The van der Waals surface area contributed by atoms with Crippen molar-refractivity contribution in [3.63, 3.8) is 0 Å². The fourth-order valence-electron chi connectivity index (χ4n) is 0.763. The first-order valence-electron chi connectivity index (χ1n) is 3.07. The van der Waals surface area contributed by atoms with Crippen LogP contribution < -0.4 is 5.46 Å². The third-order valence-electron chi connectivity index (χ3n) is 1.38. The van der Waals surface area contributed by atoms with Crippen LogP contribution in [0.3, 0.4) is 0 Å². The number of phenolic OH excluding ortho intramolecular Hbond substituents is 1. The molecule has 1 rings (SSSR count). The van der Waals surface area contributed by atoms with Gasteiger partial charge in [-0.05, 0) is 6.07 Å². The summed E-state index contributed by atoms with van der Waals surface area (Å²) in [5.74, 6) is -0.404. The van der Waals surface area contributed by atoms with E-state index in [1.54, 1.807) is 0 Å². The molecule has 0 amide bonds. The Morgan fingerprint density at radius 2 is 1.75 bits per heavy atom. The Hall–Kier alpha value is -0.415. The lowest BCUT2D eigenvalue weighted by molar-refractivity contribution is 0.419. The molecular formula is C6H5BCl2O3. The molecule has 0 fully saturated rings. The first kappa shape index (κ1) is 9.67. The Bertz CT molecular complexity index is 303. The van der Waals surface area contributed by atoms with Crippen molar-refractivity contribution in [3.05, 3.63) is 22.2 Å². The van der Waals surface area contributed by atoms with Gasteiger partial charge in [-0.25, -0.2) is 0 Å². The van der Waals surface area contributed by atoms with Gasteiger partial charge >= 0.3 is 7.12 Å². The summed E-state index contributed by atoms with van der Waals surface area (Å²) >= 11 is 11.1. The molecule has 0 atom stereocenters. The van der Waals surface area contributed by atoms with Gasteiger partial charge in [-0.15, -0.1) is 0 Å². The average molecular weight is 207 g/mol. The summed E-state index contributed by atoms with van der Waals surface area (Å²) in [4.78, 5) is 0. The molecule has 1 aromatic rings. The quantitative estimate of drug-likeness (QED) is 0.583. The zero-order valence-electron chi connectivity index (χ0n) is 5.83. The average Bonchev–Trinajstić information content (AvgIpc) is 2.00. The summed E-state index contributed by atoms with van der Waals surface area (Å²) in [5, 5.41) is 26.7. The summed E-state index contributed by atoms with van der Waals surface area (Å²) < 4.78 is 0. The zero-order chi connectivity index (χ0) is 9.30. The molecular weight excluding hydrogens is 202 g/mol. The van der Waals surface area contributed by atoms with Crippen LogP contribution in [-0.2, 0) is 0 Å². The minimum Gasteiger partial charge on any atom is -0.507 e. The Balaban J connectivity index is 3.27. The van der Waals surface area contributed by atoms with Gasteiger partial charge in [0, 0.05) is 5.46 Å². The molecule has 1 aromatic carbocycles. The molecule has 0 unspecified atom stereocenters. The van der Waals surface area contributed by atoms with Crippen molar-refractivity contribution in [1.82, 2.24) is 0 Å². The summed E-state index contributed by atoms with van der Waals surface area (Å²) in [6.45, 7) is 0. The molecule has 0 aliphatic carbocycles. The predicted molar refractivity (Wildman–Crippen MR) is 48.0 cm³/mol. The lowest BCUT2D eigenvalue weighted by atomic mass is 9.80. The number of hydrogen-bond donors (Lipinski definition) is 3. The zero-order valence-corrected chi connectivity index (χ0v) is 7.34. The topological polar surface area (TPSA) is 60.7 Å². The van der Waals surface area contributed by atoms with Gasteiger partial charge in [-0.3, -0.25) is 0 Å². The molecule has 0 aliphatic heterocycles. The molecule has 0 saturated heterocycles. The van der Waals surface area contributed by atoms with Crippen LogP contribution in [0.15, 0.2) is 12.1 Å². The second-order valence-electron chi connectivity index (χ2n) is 2.17. The molecule has 0 aromatic heterocycles. The van der Waals surface area contributed by atoms with Crippen molar-refractivity contribution in [3.8, 4) is 5.75 Å². The number of rotatable bonds is 1. The molecule has 3 N–H and O–H groups in total. The normalized spacial score (nSPS) is 10.0. The van der Waals surface area contributed by atoms with Crippen LogP contribution in [0.1, 0.15) is 0 Å². The Morgan fingerprint density at radius 1 is 1.17 bits per heavy atom. The molecule has 64 valence electrons. The van der Waals surface area contributed by atoms with Crippen LogP contribution >= 0.6 is 23.2 Å². The van der Waals surface area contributed by atoms with E-state index in [1.165, 1.54) is 12.1 Å².